The van der Waals surface area contributed by atoms with Crippen LogP contribution in [0.15, 0.2) is 17.2 Å². The highest BCUT2D eigenvalue weighted by Crippen LogP contribution is 2.27. The van der Waals surface area contributed by atoms with Crippen LogP contribution in [0.4, 0.5) is 0 Å². The lowest BCUT2D eigenvalue weighted by Gasteiger charge is -2.22. The Hall–Kier alpha value is -2.04. The summed E-state index contributed by atoms with van der Waals surface area (Å²) in [6.45, 7) is 3.25. The van der Waals surface area contributed by atoms with Crippen molar-refractivity contribution in [2.45, 2.75) is 43.5 Å². The van der Waals surface area contributed by atoms with E-state index in [0.717, 1.165) is 18.5 Å². The van der Waals surface area contributed by atoms with Crippen LogP contribution in [-0.2, 0) is 19.6 Å². The van der Waals surface area contributed by atoms with Crippen LogP contribution in [0.25, 0.3) is 11.0 Å². The van der Waals surface area contributed by atoms with E-state index in [9.17, 15) is 13.2 Å². The number of sulfonamides is 1. The third kappa shape index (κ3) is 4.02. The molecule has 3 rings (SSSR count). The summed E-state index contributed by atoms with van der Waals surface area (Å²) in [5, 5.41) is 13.9. The standard InChI is InChI=1S/C16H22N4O5S/c1-11-14-9-13(26(23,24)18-6-2-3-15(21)22)10-17-16(14)20(19-11)12-4-7-25-8-5-12/h9-10,12,18H,2-8H2,1H3,(H,21,22). The van der Waals surface area contributed by atoms with E-state index in [1.165, 1.54) is 6.20 Å². The molecule has 1 aliphatic rings. The Bertz CT molecular complexity index is 903. The molecule has 0 aliphatic carbocycles. The molecule has 9 nitrogen and oxygen atoms in total. The van der Waals surface area contributed by atoms with Crippen LogP contribution in [0.5, 0.6) is 0 Å². The zero-order chi connectivity index (χ0) is 18.7. The van der Waals surface area contributed by atoms with E-state index in [1.54, 1.807) is 6.07 Å². The lowest BCUT2D eigenvalue weighted by atomic mass is 10.1. The smallest absolute Gasteiger partial charge is 0.303 e. The van der Waals surface area contributed by atoms with E-state index in [1.807, 2.05) is 11.6 Å². The number of carboxylic acids is 1. The average molecular weight is 382 g/mol. The number of carbonyl (C=O) groups is 1. The van der Waals surface area contributed by atoms with Crippen molar-refractivity contribution in [1.82, 2.24) is 19.5 Å². The number of hydrogen-bond donors (Lipinski definition) is 2. The van der Waals surface area contributed by atoms with Crippen molar-refractivity contribution in [3.8, 4) is 0 Å². The molecule has 2 aromatic rings. The average Bonchev–Trinajstić information content (AvgIpc) is 2.96. The van der Waals surface area contributed by atoms with E-state index in [-0.39, 0.29) is 30.3 Å². The lowest BCUT2D eigenvalue weighted by molar-refractivity contribution is -0.137. The summed E-state index contributed by atoms with van der Waals surface area (Å²) in [6.07, 6.45) is 3.16. The van der Waals surface area contributed by atoms with Crippen LogP contribution in [-0.4, -0.2) is 54.0 Å². The van der Waals surface area contributed by atoms with Crippen molar-refractivity contribution in [3.05, 3.63) is 18.0 Å². The van der Waals surface area contributed by atoms with Gasteiger partial charge in [0.25, 0.3) is 0 Å². The second-order valence-electron chi connectivity index (χ2n) is 6.31. The van der Waals surface area contributed by atoms with Gasteiger partial charge in [0.2, 0.25) is 10.0 Å². The molecule has 26 heavy (non-hydrogen) atoms. The first kappa shape index (κ1) is 18.7. The highest BCUT2D eigenvalue weighted by atomic mass is 32.2. The van der Waals surface area contributed by atoms with Gasteiger partial charge in [0.15, 0.2) is 5.65 Å². The normalized spacial score (nSPS) is 16.2. The second-order valence-corrected chi connectivity index (χ2v) is 8.08. The van der Waals surface area contributed by atoms with Gasteiger partial charge in [0.1, 0.15) is 4.90 Å². The summed E-state index contributed by atoms with van der Waals surface area (Å²) in [6, 6.07) is 1.77. The molecule has 0 unspecified atom stereocenters. The number of aliphatic carboxylic acids is 1. The van der Waals surface area contributed by atoms with Crippen LogP contribution < -0.4 is 4.72 Å². The SMILES string of the molecule is Cc1nn(C2CCOCC2)c2ncc(S(=O)(=O)NCCCC(=O)O)cc12. The van der Waals surface area contributed by atoms with Gasteiger partial charge in [-0.05, 0) is 32.3 Å². The Morgan fingerprint density at radius 2 is 2.15 bits per heavy atom. The van der Waals surface area contributed by atoms with Gasteiger partial charge in [0, 0.05) is 37.8 Å². The minimum atomic E-state index is -3.74. The molecule has 3 heterocycles. The number of aryl methyl sites for hydroxylation is 1. The number of fused-ring (bicyclic) bond motifs is 1. The number of nitrogens with one attached hydrogen (secondary N) is 1. The van der Waals surface area contributed by atoms with Crippen LogP contribution in [0.2, 0.25) is 0 Å². The van der Waals surface area contributed by atoms with E-state index in [2.05, 4.69) is 14.8 Å². The Kier molecular flexibility index (Phi) is 5.54. The van der Waals surface area contributed by atoms with Gasteiger partial charge in [-0.3, -0.25) is 4.79 Å². The van der Waals surface area contributed by atoms with E-state index in [4.69, 9.17) is 9.84 Å². The Labute approximate surface area is 151 Å². The van der Waals surface area contributed by atoms with Crippen LogP contribution >= 0.6 is 0 Å². The number of rotatable bonds is 7. The summed E-state index contributed by atoms with van der Waals surface area (Å²) in [7, 11) is -3.74. The topological polar surface area (TPSA) is 123 Å². The molecular formula is C16H22N4O5S. The van der Waals surface area contributed by atoms with Crippen molar-refractivity contribution in [2.24, 2.45) is 0 Å². The molecule has 1 saturated heterocycles. The zero-order valence-corrected chi connectivity index (χ0v) is 15.3. The van der Waals surface area contributed by atoms with Crippen molar-refractivity contribution in [2.75, 3.05) is 19.8 Å². The van der Waals surface area contributed by atoms with Gasteiger partial charge in [-0.2, -0.15) is 5.10 Å². The molecule has 0 spiro atoms. The number of aromatic nitrogens is 3. The quantitative estimate of drug-likeness (QED) is 0.690. The minimum Gasteiger partial charge on any atom is -0.481 e. The van der Waals surface area contributed by atoms with Gasteiger partial charge in [-0.25, -0.2) is 22.8 Å². The van der Waals surface area contributed by atoms with E-state index in [0.29, 0.717) is 24.2 Å². The number of nitrogens with zero attached hydrogens (tertiary/aromatic N) is 3. The van der Waals surface area contributed by atoms with Crippen molar-refractivity contribution in [1.29, 1.82) is 0 Å². The fourth-order valence-corrected chi connectivity index (χ4v) is 4.05. The van der Waals surface area contributed by atoms with Crippen LogP contribution in [0.3, 0.4) is 0 Å². The maximum Gasteiger partial charge on any atom is 0.303 e. The molecule has 1 fully saturated rings. The maximum atomic E-state index is 12.4. The summed E-state index contributed by atoms with van der Waals surface area (Å²) < 4.78 is 34.5. The number of pyridine rings is 1. The monoisotopic (exact) mass is 382 g/mol. The maximum absolute atomic E-state index is 12.4. The van der Waals surface area contributed by atoms with Gasteiger partial charge >= 0.3 is 5.97 Å². The summed E-state index contributed by atoms with van der Waals surface area (Å²) in [4.78, 5) is 14.9. The minimum absolute atomic E-state index is 0.0509. The number of carboxylic acid groups (broad SMARTS) is 1. The largest absolute Gasteiger partial charge is 0.481 e. The van der Waals surface area contributed by atoms with Crippen molar-refractivity contribution in [3.63, 3.8) is 0 Å². The summed E-state index contributed by atoms with van der Waals surface area (Å²) in [5.74, 6) is -0.955. The summed E-state index contributed by atoms with van der Waals surface area (Å²) >= 11 is 0. The van der Waals surface area contributed by atoms with Gasteiger partial charge < -0.3 is 9.84 Å². The van der Waals surface area contributed by atoms with E-state index < -0.39 is 16.0 Å². The third-order valence-electron chi connectivity index (χ3n) is 4.41. The third-order valence-corrected chi connectivity index (χ3v) is 5.84. The molecule has 0 saturated carbocycles. The molecule has 2 N–H and O–H groups in total. The Morgan fingerprint density at radius 1 is 1.42 bits per heavy atom. The molecule has 1 aliphatic heterocycles. The fraction of sp³-hybridized carbons (Fsp3) is 0.562. The second kappa shape index (κ2) is 7.68. The molecule has 10 heteroatoms. The van der Waals surface area contributed by atoms with Gasteiger partial charge in [0.05, 0.1) is 11.7 Å². The van der Waals surface area contributed by atoms with Gasteiger partial charge in [-0.1, -0.05) is 0 Å². The molecule has 0 aromatic carbocycles. The Morgan fingerprint density at radius 3 is 2.85 bits per heavy atom. The van der Waals surface area contributed by atoms with Crippen LogP contribution in [0.1, 0.15) is 37.4 Å². The Balaban J connectivity index is 1.82. The number of hydrogen-bond acceptors (Lipinski definition) is 6. The first-order valence-corrected chi connectivity index (χ1v) is 10.0. The van der Waals surface area contributed by atoms with Crippen molar-refractivity contribution < 1.29 is 23.1 Å². The highest BCUT2D eigenvalue weighted by Gasteiger charge is 2.22. The summed E-state index contributed by atoms with van der Waals surface area (Å²) in [5.41, 5.74) is 1.39. The van der Waals surface area contributed by atoms with Crippen LogP contribution in [0, 0.1) is 6.92 Å². The molecule has 0 bridgehead atoms. The first-order chi connectivity index (χ1) is 12.4. The first-order valence-electron chi connectivity index (χ1n) is 8.52. The molecule has 0 radical (unpaired) electrons. The zero-order valence-electron chi connectivity index (χ0n) is 14.5. The fourth-order valence-electron chi connectivity index (χ4n) is 3.01. The molecule has 142 valence electrons. The molecule has 0 amide bonds. The predicted molar refractivity (Wildman–Crippen MR) is 93.4 cm³/mol. The van der Waals surface area contributed by atoms with Gasteiger partial charge in [-0.15, -0.1) is 0 Å². The molecule has 2 aromatic heterocycles. The van der Waals surface area contributed by atoms with E-state index >= 15 is 0 Å². The molecular weight excluding hydrogens is 360 g/mol. The van der Waals surface area contributed by atoms with Crippen molar-refractivity contribution >= 4 is 27.0 Å². The number of ether oxygens (including phenoxy) is 1. The predicted octanol–water partition coefficient (Wildman–Crippen LogP) is 1.23. The molecule has 0 atom stereocenters. The highest BCUT2D eigenvalue weighted by molar-refractivity contribution is 7.89. The lowest BCUT2D eigenvalue weighted by Crippen LogP contribution is -2.25.